The van der Waals surface area contributed by atoms with Gasteiger partial charge in [-0.1, -0.05) is 0 Å². The highest BCUT2D eigenvalue weighted by molar-refractivity contribution is 5.94. The number of hydrogen-bond donors (Lipinski definition) is 1. The monoisotopic (exact) mass is 407 g/mol. The van der Waals surface area contributed by atoms with Crippen LogP contribution in [0.4, 0.5) is 4.39 Å². The van der Waals surface area contributed by atoms with Crippen molar-refractivity contribution in [2.24, 2.45) is 0 Å². The van der Waals surface area contributed by atoms with Crippen molar-refractivity contribution >= 4 is 18.3 Å². The molecule has 0 radical (unpaired) electrons. The van der Waals surface area contributed by atoms with E-state index in [1.165, 1.54) is 6.07 Å². The second-order valence-corrected chi connectivity index (χ2v) is 7.48. The topological polar surface area (TPSA) is 53.4 Å². The molecule has 2 aromatic rings. The van der Waals surface area contributed by atoms with Gasteiger partial charge in [-0.15, -0.1) is 12.4 Å². The van der Waals surface area contributed by atoms with Crippen molar-refractivity contribution in [3.05, 3.63) is 47.0 Å². The number of carbonyl (C=O) groups is 1. The zero-order valence-electron chi connectivity index (χ0n) is 16.3. The Morgan fingerprint density at radius 3 is 2.57 bits per heavy atom. The highest BCUT2D eigenvalue weighted by Gasteiger charge is 2.31. The van der Waals surface area contributed by atoms with Crippen LogP contribution in [0.5, 0.6) is 0 Å². The van der Waals surface area contributed by atoms with Crippen molar-refractivity contribution in [2.75, 3.05) is 39.3 Å². The van der Waals surface area contributed by atoms with Gasteiger partial charge in [-0.05, 0) is 44.5 Å². The fourth-order valence-electron chi connectivity index (χ4n) is 4.14. The van der Waals surface area contributed by atoms with Crippen molar-refractivity contribution in [1.29, 1.82) is 0 Å². The Morgan fingerprint density at radius 2 is 1.93 bits per heavy atom. The maximum Gasteiger partial charge on any atom is 0.254 e. The van der Waals surface area contributed by atoms with E-state index in [1.54, 1.807) is 16.8 Å². The molecule has 0 bridgehead atoms. The van der Waals surface area contributed by atoms with E-state index < -0.39 is 5.82 Å². The molecule has 0 aliphatic carbocycles. The molecule has 6 nitrogen and oxygen atoms in total. The molecule has 28 heavy (non-hydrogen) atoms. The van der Waals surface area contributed by atoms with E-state index in [0.29, 0.717) is 17.3 Å². The Labute approximate surface area is 171 Å². The second-order valence-electron chi connectivity index (χ2n) is 7.48. The number of likely N-dealkylation sites (tertiary alicyclic amines) is 1. The predicted molar refractivity (Wildman–Crippen MR) is 109 cm³/mol. The highest BCUT2D eigenvalue weighted by atomic mass is 35.5. The van der Waals surface area contributed by atoms with Crippen LogP contribution in [0.1, 0.15) is 28.2 Å². The molecule has 152 valence electrons. The standard InChI is InChI=1S/C20H26FN5O.ClH/c1-14-11-15(2)26(23-14)19-4-3-16(12-18(19)21)20(27)25-8-5-17(13-25)24-9-6-22-7-10-24;/h3-4,11-12,17,22H,5-10,13H2,1-2H3;1H. The summed E-state index contributed by atoms with van der Waals surface area (Å²) in [4.78, 5) is 17.2. The van der Waals surface area contributed by atoms with Crippen LogP contribution in [0.2, 0.25) is 0 Å². The van der Waals surface area contributed by atoms with E-state index in [9.17, 15) is 9.18 Å². The van der Waals surface area contributed by atoms with Gasteiger partial charge in [0.15, 0.2) is 0 Å². The number of aromatic nitrogens is 2. The van der Waals surface area contributed by atoms with Gasteiger partial charge in [0.05, 0.1) is 5.69 Å². The third-order valence-corrected chi connectivity index (χ3v) is 5.55. The zero-order chi connectivity index (χ0) is 19.0. The van der Waals surface area contributed by atoms with Crippen molar-refractivity contribution in [1.82, 2.24) is 24.9 Å². The normalized spacial score (nSPS) is 20.2. The van der Waals surface area contributed by atoms with Gasteiger partial charge in [0.25, 0.3) is 5.91 Å². The molecule has 2 saturated heterocycles. The largest absolute Gasteiger partial charge is 0.337 e. The highest BCUT2D eigenvalue weighted by Crippen LogP contribution is 2.22. The number of amides is 1. The minimum Gasteiger partial charge on any atom is -0.337 e. The number of aryl methyl sites for hydroxylation is 2. The molecule has 3 heterocycles. The van der Waals surface area contributed by atoms with Crippen LogP contribution in [0.25, 0.3) is 5.69 Å². The molecule has 1 unspecified atom stereocenters. The summed E-state index contributed by atoms with van der Waals surface area (Å²) in [6.45, 7) is 9.28. The molecular formula is C20H27ClFN5O. The van der Waals surface area contributed by atoms with Crippen molar-refractivity contribution < 1.29 is 9.18 Å². The zero-order valence-corrected chi connectivity index (χ0v) is 17.1. The fourth-order valence-corrected chi connectivity index (χ4v) is 4.14. The smallest absolute Gasteiger partial charge is 0.254 e. The summed E-state index contributed by atoms with van der Waals surface area (Å²) in [5.74, 6) is -0.517. The Balaban J connectivity index is 0.00000225. The quantitative estimate of drug-likeness (QED) is 0.847. The van der Waals surface area contributed by atoms with Gasteiger partial charge in [0.1, 0.15) is 11.5 Å². The van der Waals surface area contributed by atoms with E-state index in [-0.39, 0.29) is 18.3 Å². The molecule has 2 fully saturated rings. The Hall–Kier alpha value is -1.96. The van der Waals surface area contributed by atoms with Crippen molar-refractivity contribution in [3.63, 3.8) is 0 Å². The first kappa shape index (κ1) is 20.8. The number of halogens is 2. The lowest BCUT2D eigenvalue weighted by Gasteiger charge is -2.32. The first-order valence-electron chi connectivity index (χ1n) is 9.60. The van der Waals surface area contributed by atoms with Gasteiger partial charge < -0.3 is 10.2 Å². The number of nitrogens with zero attached hydrogens (tertiary/aromatic N) is 4. The van der Waals surface area contributed by atoms with Crippen LogP contribution < -0.4 is 5.32 Å². The maximum absolute atomic E-state index is 14.7. The summed E-state index contributed by atoms with van der Waals surface area (Å²) in [5, 5.41) is 7.68. The Morgan fingerprint density at radius 1 is 1.18 bits per heavy atom. The third-order valence-electron chi connectivity index (χ3n) is 5.55. The number of piperazine rings is 1. The number of benzene rings is 1. The van der Waals surface area contributed by atoms with E-state index in [4.69, 9.17) is 0 Å². The summed E-state index contributed by atoms with van der Waals surface area (Å²) >= 11 is 0. The van der Waals surface area contributed by atoms with Gasteiger partial charge in [-0.2, -0.15) is 5.10 Å². The van der Waals surface area contributed by atoms with E-state index in [0.717, 1.165) is 57.1 Å². The first-order valence-corrected chi connectivity index (χ1v) is 9.60. The molecule has 4 rings (SSSR count). The van der Waals surface area contributed by atoms with E-state index in [2.05, 4.69) is 15.3 Å². The number of rotatable bonds is 3. The molecule has 0 spiro atoms. The molecule has 2 aliphatic rings. The summed E-state index contributed by atoms with van der Waals surface area (Å²) in [6.07, 6.45) is 0.984. The summed E-state index contributed by atoms with van der Waals surface area (Å²) in [6, 6.07) is 7.00. The van der Waals surface area contributed by atoms with Crippen LogP contribution in [-0.4, -0.2) is 70.8 Å². The van der Waals surface area contributed by atoms with Gasteiger partial charge in [-0.3, -0.25) is 9.69 Å². The van der Waals surface area contributed by atoms with Gasteiger partial charge in [0.2, 0.25) is 0 Å². The average molecular weight is 408 g/mol. The fraction of sp³-hybridized carbons (Fsp3) is 0.500. The second kappa shape index (κ2) is 8.59. The minimum atomic E-state index is -0.426. The van der Waals surface area contributed by atoms with Crippen molar-refractivity contribution in [3.8, 4) is 5.69 Å². The SMILES string of the molecule is Cc1cc(C)n(-c2ccc(C(=O)N3CCC(N4CCNCC4)C3)cc2F)n1.Cl. The molecule has 1 N–H and O–H groups in total. The molecule has 1 aromatic carbocycles. The Kier molecular flexibility index (Phi) is 6.37. The molecule has 2 aliphatic heterocycles. The van der Waals surface area contributed by atoms with Crippen LogP contribution in [0, 0.1) is 19.7 Å². The van der Waals surface area contributed by atoms with Crippen LogP contribution in [0.3, 0.4) is 0 Å². The lowest BCUT2D eigenvalue weighted by molar-refractivity contribution is 0.0773. The van der Waals surface area contributed by atoms with Crippen molar-refractivity contribution in [2.45, 2.75) is 26.3 Å². The lowest BCUT2D eigenvalue weighted by Crippen LogP contribution is -2.49. The maximum atomic E-state index is 14.7. The average Bonchev–Trinajstić information content (AvgIpc) is 3.28. The van der Waals surface area contributed by atoms with E-state index >= 15 is 0 Å². The number of hydrogen-bond acceptors (Lipinski definition) is 4. The Bertz CT molecular complexity index is 849. The summed E-state index contributed by atoms with van der Waals surface area (Å²) in [7, 11) is 0. The number of nitrogens with one attached hydrogen (secondary N) is 1. The first-order chi connectivity index (χ1) is 13.0. The van der Waals surface area contributed by atoms with Gasteiger partial charge in [0, 0.05) is 56.6 Å². The molecule has 1 aromatic heterocycles. The molecule has 0 saturated carbocycles. The molecule has 1 atom stereocenters. The van der Waals surface area contributed by atoms with Gasteiger partial charge in [-0.25, -0.2) is 9.07 Å². The summed E-state index contributed by atoms with van der Waals surface area (Å²) in [5.41, 5.74) is 2.47. The third kappa shape index (κ3) is 4.06. The lowest BCUT2D eigenvalue weighted by atomic mass is 10.1. The summed E-state index contributed by atoms with van der Waals surface area (Å²) < 4.78 is 16.3. The van der Waals surface area contributed by atoms with Crippen LogP contribution in [0.15, 0.2) is 24.3 Å². The molecular weight excluding hydrogens is 381 g/mol. The molecule has 8 heteroatoms. The predicted octanol–water partition coefficient (Wildman–Crippen LogP) is 2.17. The van der Waals surface area contributed by atoms with Crippen LogP contribution in [-0.2, 0) is 0 Å². The van der Waals surface area contributed by atoms with E-state index in [1.807, 2.05) is 24.8 Å². The van der Waals surface area contributed by atoms with Gasteiger partial charge >= 0.3 is 0 Å². The minimum absolute atomic E-state index is 0. The van der Waals surface area contributed by atoms with Crippen LogP contribution >= 0.6 is 12.4 Å². The number of carbonyl (C=O) groups excluding carboxylic acids is 1. The molecule has 1 amide bonds.